The minimum absolute atomic E-state index is 0.00370. The molecule has 0 fully saturated rings. The highest BCUT2D eigenvalue weighted by atomic mass is 32.1. The van der Waals surface area contributed by atoms with E-state index < -0.39 is 5.97 Å². The van der Waals surface area contributed by atoms with E-state index in [9.17, 15) is 4.79 Å². The number of para-hydroxylation sites is 1. The lowest BCUT2D eigenvalue weighted by atomic mass is 10.2. The van der Waals surface area contributed by atoms with Gasteiger partial charge in [-0.05, 0) is 19.1 Å². The first kappa shape index (κ1) is 11.9. The molecule has 1 N–H and O–H groups in total. The van der Waals surface area contributed by atoms with Crippen LogP contribution in [0.15, 0.2) is 34.7 Å². The second-order valence-electron chi connectivity index (χ2n) is 4.25. The van der Waals surface area contributed by atoms with Crippen LogP contribution in [0.25, 0.3) is 21.7 Å². The summed E-state index contributed by atoms with van der Waals surface area (Å²) < 4.78 is 5.73. The SMILES string of the molecule is Cc1nc(-c2cc3ccccc3o2)sc1CC(=O)O. The average Bonchev–Trinajstić information content (AvgIpc) is 2.93. The Hall–Kier alpha value is -2.14. The number of nitrogens with zero attached hydrogens (tertiary/aromatic N) is 1. The molecular formula is C14H11NO3S. The lowest BCUT2D eigenvalue weighted by Crippen LogP contribution is -1.99. The highest BCUT2D eigenvalue weighted by Gasteiger charge is 2.15. The number of fused-ring (bicyclic) bond motifs is 1. The Morgan fingerprint density at radius 3 is 2.95 bits per heavy atom. The van der Waals surface area contributed by atoms with Crippen LogP contribution in [0.1, 0.15) is 10.6 Å². The van der Waals surface area contributed by atoms with E-state index in [0.29, 0.717) is 5.76 Å². The second kappa shape index (κ2) is 4.51. The van der Waals surface area contributed by atoms with E-state index in [-0.39, 0.29) is 6.42 Å². The average molecular weight is 273 g/mol. The zero-order chi connectivity index (χ0) is 13.4. The molecule has 0 radical (unpaired) electrons. The van der Waals surface area contributed by atoms with Crippen molar-refractivity contribution >= 4 is 28.3 Å². The predicted molar refractivity (Wildman–Crippen MR) is 73.4 cm³/mol. The van der Waals surface area contributed by atoms with Gasteiger partial charge in [-0.25, -0.2) is 4.98 Å². The van der Waals surface area contributed by atoms with Gasteiger partial charge in [0.05, 0.1) is 12.1 Å². The number of rotatable bonds is 3. The number of benzene rings is 1. The van der Waals surface area contributed by atoms with E-state index >= 15 is 0 Å². The number of aromatic nitrogens is 1. The van der Waals surface area contributed by atoms with Gasteiger partial charge >= 0.3 is 5.97 Å². The summed E-state index contributed by atoms with van der Waals surface area (Å²) in [6, 6.07) is 9.67. The number of carboxylic acids is 1. The third-order valence-corrected chi connectivity index (χ3v) is 4.01. The number of hydrogen-bond donors (Lipinski definition) is 1. The van der Waals surface area contributed by atoms with Gasteiger partial charge in [0, 0.05) is 10.3 Å². The Balaban J connectivity index is 2.04. The summed E-state index contributed by atoms with van der Waals surface area (Å²) in [6.07, 6.45) is 0.00370. The van der Waals surface area contributed by atoms with Gasteiger partial charge in [0.15, 0.2) is 10.8 Å². The molecule has 2 heterocycles. The zero-order valence-corrected chi connectivity index (χ0v) is 11.0. The van der Waals surface area contributed by atoms with Crippen LogP contribution in [0.2, 0.25) is 0 Å². The lowest BCUT2D eigenvalue weighted by molar-refractivity contribution is -0.136. The largest absolute Gasteiger partial charge is 0.481 e. The van der Waals surface area contributed by atoms with Gasteiger partial charge in [-0.2, -0.15) is 0 Å². The van der Waals surface area contributed by atoms with Crippen molar-refractivity contribution in [1.29, 1.82) is 0 Å². The van der Waals surface area contributed by atoms with E-state index in [4.69, 9.17) is 9.52 Å². The first-order valence-corrected chi connectivity index (χ1v) is 6.62. The molecule has 0 saturated carbocycles. The van der Waals surface area contributed by atoms with Gasteiger partial charge in [-0.3, -0.25) is 4.79 Å². The van der Waals surface area contributed by atoms with Crippen LogP contribution in [0, 0.1) is 6.92 Å². The van der Waals surface area contributed by atoms with Crippen molar-refractivity contribution in [3.05, 3.63) is 40.9 Å². The van der Waals surface area contributed by atoms with Crippen LogP contribution in [0.3, 0.4) is 0 Å². The molecule has 0 spiro atoms. The molecule has 19 heavy (non-hydrogen) atoms. The van der Waals surface area contributed by atoms with Crippen LogP contribution >= 0.6 is 11.3 Å². The molecule has 0 bridgehead atoms. The van der Waals surface area contributed by atoms with E-state index in [2.05, 4.69) is 4.98 Å². The number of furan rings is 1. The minimum atomic E-state index is -0.845. The third-order valence-electron chi connectivity index (χ3n) is 2.84. The normalized spacial score (nSPS) is 11.0. The fraction of sp³-hybridized carbons (Fsp3) is 0.143. The Labute approximate surface area is 113 Å². The molecule has 3 rings (SSSR count). The van der Waals surface area contributed by atoms with Gasteiger partial charge in [0.1, 0.15) is 5.58 Å². The summed E-state index contributed by atoms with van der Waals surface area (Å²) in [4.78, 5) is 15.9. The van der Waals surface area contributed by atoms with E-state index in [1.165, 1.54) is 11.3 Å². The highest BCUT2D eigenvalue weighted by molar-refractivity contribution is 7.15. The molecule has 2 aromatic heterocycles. The number of aliphatic carboxylic acids is 1. The number of aryl methyl sites for hydroxylation is 1. The van der Waals surface area contributed by atoms with Crippen molar-refractivity contribution in [2.45, 2.75) is 13.3 Å². The standard InChI is InChI=1S/C14H11NO3S/c1-8-12(7-13(16)17)19-14(15-8)11-6-9-4-2-3-5-10(9)18-11/h2-6H,7H2,1H3,(H,16,17). The van der Waals surface area contributed by atoms with Crippen LogP contribution < -0.4 is 0 Å². The van der Waals surface area contributed by atoms with Crippen molar-refractivity contribution in [3.63, 3.8) is 0 Å². The minimum Gasteiger partial charge on any atom is -0.481 e. The van der Waals surface area contributed by atoms with Gasteiger partial charge < -0.3 is 9.52 Å². The molecule has 4 nitrogen and oxygen atoms in total. The smallest absolute Gasteiger partial charge is 0.308 e. The maximum absolute atomic E-state index is 10.8. The second-order valence-corrected chi connectivity index (χ2v) is 5.33. The van der Waals surface area contributed by atoms with Crippen LogP contribution in [-0.2, 0) is 11.2 Å². The van der Waals surface area contributed by atoms with Gasteiger partial charge in [0.2, 0.25) is 0 Å². The van der Waals surface area contributed by atoms with Crippen molar-refractivity contribution in [2.75, 3.05) is 0 Å². The molecule has 0 aliphatic heterocycles. The molecule has 3 aromatic rings. The summed E-state index contributed by atoms with van der Waals surface area (Å²) >= 11 is 1.37. The molecule has 5 heteroatoms. The summed E-state index contributed by atoms with van der Waals surface area (Å²) in [6.45, 7) is 1.82. The Morgan fingerprint density at radius 2 is 2.21 bits per heavy atom. The third kappa shape index (κ3) is 2.24. The number of hydrogen-bond acceptors (Lipinski definition) is 4. The summed E-state index contributed by atoms with van der Waals surface area (Å²) in [7, 11) is 0. The molecule has 0 aliphatic rings. The van der Waals surface area contributed by atoms with Gasteiger partial charge in [-0.1, -0.05) is 18.2 Å². The predicted octanol–water partition coefficient (Wildman–Crippen LogP) is 3.49. The molecule has 0 atom stereocenters. The van der Waals surface area contributed by atoms with Crippen molar-refractivity contribution in [3.8, 4) is 10.8 Å². The zero-order valence-electron chi connectivity index (χ0n) is 10.2. The van der Waals surface area contributed by atoms with Crippen molar-refractivity contribution < 1.29 is 14.3 Å². The van der Waals surface area contributed by atoms with Crippen LogP contribution in [0.5, 0.6) is 0 Å². The quantitative estimate of drug-likeness (QED) is 0.793. The Bertz CT molecular complexity index is 724. The van der Waals surface area contributed by atoms with E-state index in [1.807, 2.05) is 37.3 Å². The molecule has 0 saturated heterocycles. The number of carboxylic acid groups (broad SMARTS) is 1. The maximum Gasteiger partial charge on any atom is 0.308 e. The van der Waals surface area contributed by atoms with E-state index in [1.54, 1.807) is 0 Å². The fourth-order valence-corrected chi connectivity index (χ4v) is 2.93. The van der Waals surface area contributed by atoms with Crippen LogP contribution in [0.4, 0.5) is 0 Å². The first-order valence-electron chi connectivity index (χ1n) is 5.80. The molecule has 96 valence electrons. The number of carbonyl (C=O) groups is 1. The molecule has 0 unspecified atom stereocenters. The highest BCUT2D eigenvalue weighted by Crippen LogP contribution is 2.32. The van der Waals surface area contributed by atoms with Gasteiger partial charge in [0.25, 0.3) is 0 Å². The summed E-state index contributed by atoms with van der Waals surface area (Å²) in [5.74, 6) is -0.158. The Kier molecular flexibility index (Phi) is 2.83. The molecule has 1 aromatic carbocycles. The molecule has 0 amide bonds. The topological polar surface area (TPSA) is 63.3 Å². The van der Waals surface area contributed by atoms with Gasteiger partial charge in [-0.15, -0.1) is 11.3 Å². The monoisotopic (exact) mass is 273 g/mol. The van der Waals surface area contributed by atoms with Crippen molar-refractivity contribution in [1.82, 2.24) is 4.98 Å². The number of thiazole rings is 1. The Morgan fingerprint density at radius 1 is 1.42 bits per heavy atom. The van der Waals surface area contributed by atoms with Crippen molar-refractivity contribution in [2.24, 2.45) is 0 Å². The van der Waals surface area contributed by atoms with Crippen LogP contribution in [-0.4, -0.2) is 16.1 Å². The lowest BCUT2D eigenvalue weighted by Gasteiger charge is -1.89. The summed E-state index contributed by atoms with van der Waals surface area (Å²) in [5.41, 5.74) is 1.56. The maximum atomic E-state index is 10.8. The molecule has 0 aliphatic carbocycles. The first-order chi connectivity index (χ1) is 9.13. The molecular weight excluding hydrogens is 262 g/mol. The summed E-state index contributed by atoms with van der Waals surface area (Å²) in [5, 5.41) is 10.6. The fourth-order valence-electron chi connectivity index (χ4n) is 1.92. The van der Waals surface area contributed by atoms with E-state index in [0.717, 1.165) is 26.5 Å².